The number of anilines is 1. The van der Waals surface area contributed by atoms with Gasteiger partial charge < -0.3 is 15.1 Å². The van der Waals surface area contributed by atoms with Gasteiger partial charge in [-0.15, -0.1) is 0 Å². The number of carbonyl (C=O) groups excluding carboxylic acids is 2. The van der Waals surface area contributed by atoms with Crippen LogP contribution in [0.15, 0.2) is 60.7 Å². The van der Waals surface area contributed by atoms with E-state index in [-0.39, 0.29) is 23.8 Å². The van der Waals surface area contributed by atoms with Crippen LogP contribution in [0.1, 0.15) is 38.3 Å². The Morgan fingerprint density at radius 3 is 2.07 bits per heavy atom. The highest BCUT2D eigenvalue weighted by Crippen LogP contribution is 2.18. The van der Waals surface area contributed by atoms with Gasteiger partial charge in [0.1, 0.15) is 0 Å². The maximum absolute atomic E-state index is 13.3. The Hall–Kier alpha value is -2.66. The zero-order valence-corrected chi connectivity index (χ0v) is 17.4. The Labute approximate surface area is 173 Å². The summed E-state index contributed by atoms with van der Waals surface area (Å²) >= 11 is 0. The SMILES string of the molecule is CCN(CC)C(=O)[C@H](c1ccccc1)[NH+]1CCC(C(=O)Nc2ccccc2)CC1. The average molecular weight is 395 g/mol. The van der Waals surface area contributed by atoms with Crippen molar-refractivity contribution in [3.05, 3.63) is 66.2 Å². The number of para-hydroxylation sites is 1. The Bertz CT molecular complexity index is 782. The van der Waals surface area contributed by atoms with Crippen LogP contribution >= 0.6 is 0 Å². The Morgan fingerprint density at radius 2 is 1.52 bits per heavy atom. The summed E-state index contributed by atoms with van der Waals surface area (Å²) in [5, 5.41) is 3.02. The molecule has 1 heterocycles. The lowest BCUT2D eigenvalue weighted by Gasteiger charge is -2.35. The van der Waals surface area contributed by atoms with Crippen LogP contribution in [0.3, 0.4) is 0 Å². The van der Waals surface area contributed by atoms with Gasteiger partial charge >= 0.3 is 0 Å². The number of likely N-dealkylation sites (tertiary alicyclic amines) is 1. The molecular weight excluding hydrogens is 362 g/mol. The van der Waals surface area contributed by atoms with Crippen molar-refractivity contribution < 1.29 is 14.5 Å². The molecular formula is C24H32N3O2+. The highest BCUT2D eigenvalue weighted by molar-refractivity contribution is 5.92. The Kier molecular flexibility index (Phi) is 7.42. The van der Waals surface area contributed by atoms with Crippen molar-refractivity contribution in [2.24, 2.45) is 5.92 Å². The van der Waals surface area contributed by atoms with Crippen LogP contribution in [0, 0.1) is 5.92 Å². The first-order valence-electron chi connectivity index (χ1n) is 10.7. The normalized spacial score (nSPS) is 19.9. The van der Waals surface area contributed by atoms with E-state index in [1.165, 1.54) is 4.90 Å². The van der Waals surface area contributed by atoms with Crippen LogP contribution in [0.4, 0.5) is 5.69 Å². The number of piperidine rings is 1. The molecule has 1 saturated heterocycles. The highest BCUT2D eigenvalue weighted by atomic mass is 16.2. The number of amides is 2. The fourth-order valence-electron chi connectivity index (χ4n) is 4.22. The number of hydrogen-bond acceptors (Lipinski definition) is 2. The van der Waals surface area contributed by atoms with E-state index in [1.54, 1.807) is 0 Å². The molecule has 0 aliphatic carbocycles. The number of nitrogens with zero attached hydrogens (tertiary/aromatic N) is 1. The molecule has 2 aromatic rings. The molecule has 1 atom stereocenters. The minimum Gasteiger partial charge on any atom is -0.338 e. The summed E-state index contributed by atoms with van der Waals surface area (Å²) in [5.41, 5.74) is 1.90. The topological polar surface area (TPSA) is 53.9 Å². The number of benzene rings is 2. The van der Waals surface area contributed by atoms with Gasteiger partial charge in [-0.2, -0.15) is 0 Å². The molecule has 1 aliphatic heterocycles. The highest BCUT2D eigenvalue weighted by Gasteiger charge is 2.38. The third-order valence-electron chi connectivity index (χ3n) is 5.90. The molecule has 0 aromatic heterocycles. The molecule has 0 spiro atoms. The van der Waals surface area contributed by atoms with Crippen LogP contribution in [-0.4, -0.2) is 42.9 Å². The maximum atomic E-state index is 13.3. The summed E-state index contributed by atoms with van der Waals surface area (Å²) in [6, 6.07) is 19.5. The standard InChI is InChI=1S/C24H31N3O2/c1-3-26(4-2)24(29)22(19-11-7-5-8-12-19)27-17-15-20(16-18-27)23(28)25-21-13-9-6-10-14-21/h5-14,20,22H,3-4,15-18H2,1-2H3,(H,25,28)/p+1/t22-/m0/s1. The summed E-state index contributed by atoms with van der Waals surface area (Å²) in [6.07, 6.45) is 1.59. The summed E-state index contributed by atoms with van der Waals surface area (Å²) in [4.78, 5) is 29.1. The van der Waals surface area contributed by atoms with Gasteiger partial charge in [0.05, 0.1) is 13.1 Å². The van der Waals surface area contributed by atoms with Crippen LogP contribution in [0.5, 0.6) is 0 Å². The second kappa shape index (κ2) is 10.2. The number of quaternary nitrogens is 1. The molecule has 154 valence electrons. The first-order chi connectivity index (χ1) is 14.1. The molecule has 0 saturated carbocycles. The summed E-state index contributed by atoms with van der Waals surface area (Å²) in [5.74, 6) is 0.268. The van der Waals surface area contributed by atoms with Gasteiger partial charge in [-0.1, -0.05) is 48.5 Å². The minimum absolute atomic E-state index is 0.000986. The fourth-order valence-corrected chi connectivity index (χ4v) is 4.22. The number of carbonyl (C=O) groups is 2. The van der Waals surface area contributed by atoms with Gasteiger partial charge in [-0.05, 0) is 26.0 Å². The van der Waals surface area contributed by atoms with E-state index in [2.05, 4.69) is 5.32 Å². The van der Waals surface area contributed by atoms with E-state index >= 15 is 0 Å². The molecule has 1 aliphatic rings. The zero-order valence-electron chi connectivity index (χ0n) is 17.4. The molecule has 2 aromatic carbocycles. The van der Waals surface area contributed by atoms with Gasteiger partial charge in [0, 0.05) is 43.1 Å². The van der Waals surface area contributed by atoms with E-state index < -0.39 is 0 Å². The quantitative estimate of drug-likeness (QED) is 0.758. The predicted molar refractivity (Wildman–Crippen MR) is 116 cm³/mol. The van der Waals surface area contributed by atoms with E-state index in [0.29, 0.717) is 13.1 Å². The molecule has 2 amide bonds. The molecule has 0 unspecified atom stereocenters. The predicted octanol–water partition coefficient (Wildman–Crippen LogP) is 2.53. The Morgan fingerprint density at radius 1 is 0.966 bits per heavy atom. The first-order valence-corrected chi connectivity index (χ1v) is 10.7. The molecule has 3 rings (SSSR count). The zero-order chi connectivity index (χ0) is 20.6. The summed E-state index contributed by atoms with van der Waals surface area (Å²) in [7, 11) is 0. The van der Waals surface area contributed by atoms with Crippen molar-refractivity contribution in [1.82, 2.24) is 4.90 Å². The lowest BCUT2D eigenvalue weighted by molar-refractivity contribution is -0.927. The van der Waals surface area contributed by atoms with E-state index in [1.807, 2.05) is 79.4 Å². The largest absolute Gasteiger partial charge is 0.338 e. The van der Waals surface area contributed by atoms with Crippen molar-refractivity contribution in [2.75, 3.05) is 31.5 Å². The smallest absolute Gasteiger partial charge is 0.285 e. The van der Waals surface area contributed by atoms with Gasteiger partial charge in [0.15, 0.2) is 6.04 Å². The van der Waals surface area contributed by atoms with Crippen molar-refractivity contribution in [2.45, 2.75) is 32.7 Å². The second-order valence-electron chi connectivity index (χ2n) is 7.64. The lowest BCUT2D eigenvalue weighted by atomic mass is 9.93. The molecule has 0 radical (unpaired) electrons. The van der Waals surface area contributed by atoms with E-state index in [4.69, 9.17) is 0 Å². The van der Waals surface area contributed by atoms with Gasteiger partial charge in [-0.25, -0.2) is 0 Å². The molecule has 2 N–H and O–H groups in total. The number of rotatable bonds is 7. The van der Waals surface area contributed by atoms with E-state index in [0.717, 1.165) is 37.2 Å². The average Bonchev–Trinajstić information content (AvgIpc) is 2.77. The summed E-state index contributed by atoms with van der Waals surface area (Å²) < 4.78 is 0. The van der Waals surface area contributed by atoms with Gasteiger partial charge in [0.25, 0.3) is 5.91 Å². The van der Waals surface area contributed by atoms with E-state index in [9.17, 15) is 9.59 Å². The third kappa shape index (κ3) is 5.24. The van der Waals surface area contributed by atoms with Crippen molar-refractivity contribution in [3.63, 3.8) is 0 Å². The van der Waals surface area contributed by atoms with Crippen LogP contribution < -0.4 is 10.2 Å². The molecule has 29 heavy (non-hydrogen) atoms. The lowest BCUT2D eigenvalue weighted by Crippen LogP contribution is -3.14. The van der Waals surface area contributed by atoms with Crippen LogP contribution in [0.25, 0.3) is 0 Å². The molecule has 5 nitrogen and oxygen atoms in total. The first kappa shape index (κ1) is 21.1. The van der Waals surface area contributed by atoms with Gasteiger partial charge in [-0.3, -0.25) is 9.59 Å². The van der Waals surface area contributed by atoms with Crippen molar-refractivity contribution in [3.8, 4) is 0 Å². The summed E-state index contributed by atoms with van der Waals surface area (Å²) in [6.45, 7) is 7.12. The fraction of sp³-hybridized carbons (Fsp3) is 0.417. The number of nitrogens with one attached hydrogen (secondary N) is 2. The van der Waals surface area contributed by atoms with Crippen molar-refractivity contribution in [1.29, 1.82) is 0 Å². The molecule has 1 fully saturated rings. The van der Waals surface area contributed by atoms with Crippen LogP contribution in [0.2, 0.25) is 0 Å². The van der Waals surface area contributed by atoms with Crippen molar-refractivity contribution >= 4 is 17.5 Å². The second-order valence-corrected chi connectivity index (χ2v) is 7.64. The number of likely N-dealkylation sites (N-methyl/N-ethyl adjacent to an activating group) is 1. The third-order valence-corrected chi connectivity index (χ3v) is 5.90. The molecule has 5 heteroatoms. The monoisotopic (exact) mass is 394 g/mol. The minimum atomic E-state index is -0.200. The number of hydrogen-bond donors (Lipinski definition) is 2. The Balaban J connectivity index is 1.68. The van der Waals surface area contributed by atoms with Crippen LogP contribution in [-0.2, 0) is 9.59 Å². The van der Waals surface area contributed by atoms with Gasteiger partial charge in [0.2, 0.25) is 5.91 Å². The maximum Gasteiger partial charge on any atom is 0.285 e. The molecule has 0 bridgehead atoms.